The number of methoxy groups -OCH3 is 1. The summed E-state index contributed by atoms with van der Waals surface area (Å²) in [4.78, 5) is 15.6. The van der Waals surface area contributed by atoms with Crippen LogP contribution in [0.3, 0.4) is 0 Å². The number of rotatable bonds is 7. The highest BCUT2D eigenvalue weighted by molar-refractivity contribution is 5.85. The van der Waals surface area contributed by atoms with Gasteiger partial charge in [-0.3, -0.25) is 9.69 Å². The lowest BCUT2D eigenvalue weighted by molar-refractivity contribution is -0.137. The van der Waals surface area contributed by atoms with E-state index >= 15 is 0 Å². The molecule has 8 nitrogen and oxygen atoms in total. The molecule has 0 aliphatic carbocycles. The van der Waals surface area contributed by atoms with Crippen LogP contribution in [0.4, 0.5) is 18.9 Å². The van der Waals surface area contributed by atoms with Crippen LogP contribution < -0.4 is 10.2 Å². The number of carbonyl (C=O) groups is 1. The van der Waals surface area contributed by atoms with Crippen molar-refractivity contribution < 1.29 is 37.7 Å². The van der Waals surface area contributed by atoms with E-state index in [2.05, 4.69) is 5.32 Å². The fraction of sp³-hybridized carbons (Fsp3) is 0.650. The summed E-state index contributed by atoms with van der Waals surface area (Å²) >= 11 is 0. The molecule has 0 radical (unpaired) electrons. The molecule has 0 spiro atoms. The number of piperazine rings is 1. The first kappa shape index (κ1) is 29.7. The zero-order valence-electron chi connectivity index (χ0n) is 18.0. The molecule has 2 aliphatic heterocycles. The first-order valence-corrected chi connectivity index (χ1v) is 10.1. The Kier molecular flexibility index (Phi) is 11.6. The number of carbonyl (C=O) groups excluding carboxylic acids is 1. The molecule has 0 aromatic heterocycles. The maximum atomic E-state index is 13.0. The number of nitrogens with zero attached hydrogens (tertiary/aromatic N) is 2. The number of anilines is 1. The summed E-state index contributed by atoms with van der Waals surface area (Å²) < 4.78 is 49.6. The van der Waals surface area contributed by atoms with Gasteiger partial charge in [-0.25, -0.2) is 0 Å². The van der Waals surface area contributed by atoms with Gasteiger partial charge in [0.15, 0.2) is 0 Å². The first-order valence-electron chi connectivity index (χ1n) is 10.1. The Labute approximate surface area is 202 Å². The molecule has 3 rings (SSSR count). The number of alkyl halides is 3. The molecule has 2 saturated heterocycles. The van der Waals surface area contributed by atoms with Crippen LogP contribution in [0.25, 0.3) is 0 Å². The summed E-state index contributed by atoms with van der Waals surface area (Å²) in [7, 11) is 1.41. The van der Waals surface area contributed by atoms with E-state index in [0.29, 0.717) is 31.9 Å². The van der Waals surface area contributed by atoms with Crippen LogP contribution in [0.1, 0.15) is 5.56 Å². The van der Waals surface area contributed by atoms with Gasteiger partial charge < -0.3 is 29.9 Å². The van der Waals surface area contributed by atoms with Crippen molar-refractivity contribution in [1.82, 2.24) is 10.2 Å². The van der Waals surface area contributed by atoms with Crippen LogP contribution in [-0.4, -0.2) is 98.4 Å². The molecule has 2 heterocycles. The molecule has 4 atom stereocenters. The lowest BCUT2D eigenvalue weighted by Crippen LogP contribution is -2.57. The van der Waals surface area contributed by atoms with Crippen LogP contribution in [0.15, 0.2) is 24.3 Å². The topological polar surface area (TPSA) is 94.5 Å². The predicted octanol–water partition coefficient (Wildman–Crippen LogP) is 0.923. The zero-order chi connectivity index (χ0) is 22.6. The average molecular weight is 520 g/mol. The number of aliphatic hydroxyl groups excluding tert-OH is 2. The molecule has 1 aromatic carbocycles. The third-order valence-corrected chi connectivity index (χ3v) is 5.69. The van der Waals surface area contributed by atoms with Crippen molar-refractivity contribution in [2.75, 3.05) is 57.9 Å². The van der Waals surface area contributed by atoms with Gasteiger partial charge in [0.2, 0.25) is 5.91 Å². The molecule has 0 unspecified atom stereocenters. The van der Waals surface area contributed by atoms with Gasteiger partial charge in [-0.15, -0.1) is 24.8 Å². The van der Waals surface area contributed by atoms with Gasteiger partial charge >= 0.3 is 6.18 Å². The van der Waals surface area contributed by atoms with Gasteiger partial charge in [-0.1, -0.05) is 6.07 Å². The van der Waals surface area contributed by atoms with Crippen LogP contribution in [-0.2, 0) is 20.4 Å². The number of nitrogens with one attached hydrogen (secondary N) is 1. The van der Waals surface area contributed by atoms with Crippen molar-refractivity contribution >= 4 is 36.4 Å². The number of hydrogen-bond acceptors (Lipinski definition) is 7. The van der Waals surface area contributed by atoms with Gasteiger partial charge in [0.1, 0.15) is 18.8 Å². The normalized spacial score (nSPS) is 25.8. The van der Waals surface area contributed by atoms with E-state index in [1.165, 1.54) is 13.2 Å². The van der Waals surface area contributed by atoms with Crippen molar-refractivity contribution in [2.24, 2.45) is 0 Å². The Bertz CT molecular complexity index is 754. The van der Waals surface area contributed by atoms with Crippen LogP contribution in [0, 0.1) is 0 Å². The Hall–Kier alpha value is -1.34. The van der Waals surface area contributed by atoms with Gasteiger partial charge in [-0.2, -0.15) is 13.2 Å². The second-order valence-electron chi connectivity index (χ2n) is 7.68. The molecule has 0 saturated carbocycles. The van der Waals surface area contributed by atoms with Crippen LogP contribution in [0.5, 0.6) is 0 Å². The van der Waals surface area contributed by atoms with Crippen molar-refractivity contribution in [1.29, 1.82) is 0 Å². The van der Waals surface area contributed by atoms with Crippen LogP contribution in [0.2, 0.25) is 0 Å². The minimum atomic E-state index is -4.40. The van der Waals surface area contributed by atoms with Gasteiger partial charge in [0, 0.05) is 45.5 Å². The number of ether oxygens (including phenoxy) is 2. The largest absolute Gasteiger partial charge is 0.416 e. The molecule has 2 fully saturated rings. The summed E-state index contributed by atoms with van der Waals surface area (Å²) in [5, 5.41) is 22.8. The highest BCUT2D eigenvalue weighted by Gasteiger charge is 2.46. The highest BCUT2D eigenvalue weighted by atomic mass is 35.5. The van der Waals surface area contributed by atoms with E-state index in [-0.39, 0.29) is 50.5 Å². The lowest BCUT2D eigenvalue weighted by Gasteiger charge is -2.41. The Balaban J connectivity index is 0.00000272. The van der Waals surface area contributed by atoms with Crippen molar-refractivity contribution in [2.45, 2.75) is 30.5 Å². The quantitative estimate of drug-likeness (QED) is 0.493. The molecule has 13 heteroatoms. The van der Waals surface area contributed by atoms with E-state index in [0.717, 1.165) is 12.1 Å². The zero-order valence-corrected chi connectivity index (χ0v) is 19.7. The number of hydrogen-bond donors (Lipinski definition) is 3. The standard InChI is InChI=1S/C20H28F3N3O5.2ClH/c1-30-12-17(28)24-10-15-18(19(29)16(11-27)31-15)26-7-5-25(6-8-26)14-4-2-3-13(9-14)20(21,22)23;;/h2-4,9,15-16,18-19,27,29H,5-8,10-12H2,1H3,(H,24,28);2*1H/t15-,16+,18+,19-;;/m1../s1. The molecule has 1 aromatic rings. The molecule has 2 aliphatic rings. The fourth-order valence-corrected chi connectivity index (χ4v) is 4.15. The van der Waals surface area contributed by atoms with Gasteiger partial charge in [0.25, 0.3) is 0 Å². The smallest absolute Gasteiger partial charge is 0.394 e. The fourth-order valence-electron chi connectivity index (χ4n) is 4.15. The first-order chi connectivity index (χ1) is 14.7. The Morgan fingerprint density at radius 2 is 1.88 bits per heavy atom. The number of halogens is 5. The van der Waals surface area contributed by atoms with Gasteiger partial charge in [-0.05, 0) is 18.2 Å². The molecule has 190 valence electrons. The van der Waals surface area contributed by atoms with Crippen LogP contribution >= 0.6 is 24.8 Å². The van der Waals surface area contributed by atoms with E-state index in [9.17, 15) is 28.2 Å². The van der Waals surface area contributed by atoms with Crippen molar-refractivity contribution in [3.05, 3.63) is 29.8 Å². The monoisotopic (exact) mass is 519 g/mol. The highest BCUT2D eigenvalue weighted by Crippen LogP contribution is 2.32. The second-order valence-corrected chi connectivity index (χ2v) is 7.68. The second kappa shape index (κ2) is 12.9. The number of benzene rings is 1. The lowest BCUT2D eigenvalue weighted by atomic mass is 10.0. The molecule has 3 N–H and O–H groups in total. The molecular formula is C20H30Cl2F3N3O5. The van der Waals surface area contributed by atoms with E-state index in [1.54, 1.807) is 6.07 Å². The SMILES string of the molecule is COCC(=O)NC[C@H]1O[C@@H](CO)[C@@H](O)[C@H]1N1CCN(c2cccc(C(F)(F)F)c2)CC1.Cl.Cl. The molecular weight excluding hydrogens is 490 g/mol. The number of aliphatic hydroxyl groups is 2. The third-order valence-electron chi connectivity index (χ3n) is 5.69. The summed E-state index contributed by atoms with van der Waals surface area (Å²) in [5.41, 5.74) is -0.195. The van der Waals surface area contributed by atoms with E-state index < -0.39 is 36.1 Å². The summed E-state index contributed by atoms with van der Waals surface area (Å²) in [6.45, 7) is 1.61. The van der Waals surface area contributed by atoms with Crippen molar-refractivity contribution in [3.8, 4) is 0 Å². The third kappa shape index (κ3) is 7.32. The van der Waals surface area contributed by atoms with Crippen molar-refractivity contribution in [3.63, 3.8) is 0 Å². The van der Waals surface area contributed by atoms with E-state index in [1.807, 2.05) is 9.80 Å². The predicted molar refractivity (Wildman–Crippen MR) is 120 cm³/mol. The summed E-state index contributed by atoms with van der Waals surface area (Å²) in [6, 6.07) is 4.77. The summed E-state index contributed by atoms with van der Waals surface area (Å²) in [6.07, 6.45) is -6.65. The Morgan fingerprint density at radius 3 is 2.45 bits per heavy atom. The average Bonchev–Trinajstić information content (AvgIpc) is 3.07. The molecule has 1 amide bonds. The molecule has 33 heavy (non-hydrogen) atoms. The maximum Gasteiger partial charge on any atom is 0.416 e. The number of amides is 1. The maximum absolute atomic E-state index is 13.0. The minimum absolute atomic E-state index is 0. The Morgan fingerprint density at radius 1 is 1.21 bits per heavy atom. The molecule has 0 bridgehead atoms. The van der Waals surface area contributed by atoms with E-state index in [4.69, 9.17) is 9.47 Å². The summed E-state index contributed by atoms with van der Waals surface area (Å²) in [5.74, 6) is -0.318. The minimum Gasteiger partial charge on any atom is -0.394 e. The van der Waals surface area contributed by atoms with Gasteiger partial charge in [0.05, 0.1) is 24.3 Å².